The summed E-state index contributed by atoms with van der Waals surface area (Å²) in [6.07, 6.45) is 2.02. The summed E-state index contributed by atoms with van der Waals surface area (Å²) in [5, 5.41) is 10.7. The van der Waals surface area contributed by atoms with Crippen molar-refractivity contribution in [3.8, 4) is 5.69 Å². The van der Waals surface area contributed by atoms with Crippen molar-refractivity contribution in [2.45, 2.75) is 54.4 Å². The molecule has 1 N–H and O–H groups in total. The number of hydrogen-bond donors (Lipinski definition) is 1. The first-order chi connectivity index (χ1) is 13.8. The summed E-state index contributed by atoms with van der Waals surface area (Å²) in [6.45, 7) is 15.0. The van der Waals surface area contributed by atoms with Gasteiger partial charge in [0.2, 0.25) is 0 Å². The molecule has 5 heteroatoms. The summed E-state index contributed by atoms with van der Waals surface area (Å²) in [5.74, 6) is 2.26. The number of hydrogen-bond acceptors (Lipinski definition) is 4. The van der Waals surface area contributed by atoms with E-state index in [2.05, 4.69) is 56.2 Å². The van der Waals surface area contributed by atoms with Gasteiger partial charge in [0.25, 0.3) is 0 Å². The van der Waals surface area contributed by atoms with Crippen LogP contribution in [0.4, 0.5) is 5.82 Å². The van der Waals surface area contributed by atoms with E-state index >= 15 is 0 Å². The number of benzene rings is 1. The third-order valence-corrected chi connectivity index (χ3v) is 6.48. The van der Waals surface area contributed by atoms with E-state index < -0.39 is 0 Å². The van der Waals surface area contributed by atoms with E-state index in [0.717, 1.165) is 48.6 Å². The quantitative estimate of drug-likeness (QED) is 0.714. The maximum atomic E-state index is 9.50. The molecule has 1 fully saturated rings. The molecule has 3 aromatic rings. The minimum absolute atomic E-state index is 0.284. The average Bonchev–Trinajstić information content (AvgIpc) is 2.92. The number of piperidine rings is 1. The van der Waals surface area contributed by atoms with Crippen LogP contribution < -0.4 is 4.90 Å². The highest BCUT2D eigenvalue weighted by Gasteiger charge is 2.26. The lowest BCUT2D eigenvalue weighted by Crippen LogP contribution is -2.35. The molecular weight excluding hydrogens is 360 g/mol. The SMILES string of the molecule is Cc1cc(C)c(-n2c(C)c(C)c3c(N4CCC(CO)CC4)nc(C)nc32)c(C)c1. The number of aromatic nitrogens is 3. The highest BCUT2D eigenvalue weighted by molar-refractivity contribution is 5.94. The molecule has 0 radical (unpaired) electrons. The molecule has 154 valence electrons. The fourth-order valence-electron chi connectivity index (χ4n) is 4.90. The molecule has 0 spiro atoms. The highest BCUT2D eigenvalue weighted by atomic mass is 16.3. The maximum Gasteiger partial charge on any atom is 0.150 e. The van der Waals surface area contributed by atoms with E-state index in [0.29, 0.717) is 5.92 Å². The molecular formula is C24H32N4O. The minimum atomic E-state index is 0.284. The molecule has 0 unspecified atom stereocenters. The molecule has 5 nitrogen and oxygen atoms in total. The fourth-order valence-corrected chi connectivity index (χ4v) is 4.90. The van der Waals surface area contributed by atoms with Gasteiger partial charge in [-0.2, -0.15) is 0 Å². The maximum absolute atomic E-state index is 9.50. The van der Waals surface area contributed by atoms with Crippen LogP contribution >= 0.6 is 0 Å². The van der Waals surface area contributed by atoms with Crippen molar-refractivity contribution in [3.63, 3.8) is 0 Å². The largest absolute Gasteiger partial charge is 0.396 e. The van der Waals surface area contributed by atoms with Crippen LogP contribution in [-0.4, -0.2) is 39.3 Å². The summed E-state index contributed by atoms with van der Waals surface area (Å²) < 4.78 is 2.33. The Morgan fingerprint density at radius 3 is 2.17 bits per heavy atom. The minimum Gasteiger partial charge on any atom is -0.396 e. The molecule has 1 saturated heterocycles. The zero-order valence-corrected chi connectivity index (χ0v) is 18.5. The first-order valence-corrected chi connectivity index (χ1v) is 10.6. The van der Waals surface area contributed by atoms with Crippen LogP contribution in [0, 0.1) is 47.5 Å². The van der Waals surface area contributed by atoms with Gasteiger partial charge in [0, 0.05) is 25.4 Å². The lowest BCUT2D eigenvalue weighted by Gasteiger charge is -2.32. The molecule has 0 atom stereocenters. The number of nitrogens with zero attached hydrogens (tertiary/aromatic N) is 4. The second-order valence-electron chi connectivity index (χ2n) is 8.70. The Morgan fingerprint density at radius 1 is 0.966 bits per heavy atom. The van der Waals surface area contributed by atoms with Crippen LogP contribution in [0.3, 0.4) is 0 Å². The molecule has 1 aromatic carbocycles. The summed E-state index contributed by atoms with van der Waals surface area (Å²) in [4.78, 5) is 12.2. The van der Waals surface area contributed by atoms with Crippen molar-refractivity contribution in [3.05, 3.63) is 45.9 Å². The molecule has 29 heavy (non-hydrogen) atoms. The normalized spacial score (nSPS) is 15.5. The van der Waals surface area contributed by atoms with Gasteiger partial charge in [-0.15, -0.1) is 0 Å². The molecule has 0 amide bonds. The van der Waals surface area contributed by atoms with Gasteiger partial charge in [-0.3, -0.25) is 4.57 Å². The fraction of sp³-hybridized carbons (Fsp3) is 0.500. The molecule has 3 heterocycles. The van der Waals surface area contributed by atoms with Crippen LogP contribution in [0.5, 0.6) is 0 Å². The summed E-state index contributed by atoms with van der Waals surface area (Å²) in [6, 6.07) is 4.50. The van der Waals surface area contributed by atoms with Crippen LogP contribution in [0.25, 0.3) is 16.7 Å². The monoisotopic (exact) mass is 392 g/mol. The number of aliphatic hydroxyl groups excluding tert-OH is 1. The topological polar surface area (TPSA) is 54.2 Å². The van der Waals surface area contributed by atoms with Gasteiger partial charge in [0.15, 0.2) is 5.65 Å². The molecule has 0 saturated carbocycles. The zero-order chi connectivity index (χ0) is 20.9. The van der Waals surface area contributed by atoms with Gasteiger partial charge in [-0.05, 0) is 77.0 Å². The number of anilines is 1. The smallest absolute Gasteiger partial charge is 0.150 e. The van der Waals surface area contributed by atoms with Crippen LogP contribution in [0.1, 0.15) is 46.6 Å². The van der Waals surface area contributed by atoms with Crippen molar-refractivity contribution in [1.29, 1.82) is 0 Å². The Kier molecular flexibility index (Phi) is 5.11. The second-order valence-corrected chi connectivity index (χ2v) is 8.70. The third kappa shape index (κ3) is 3.31. The van der Waals surface area contributed by atoms with Crippen molar-refractivity contribution < 1.29 is 5.11 Å². The second kappa shape index (κ2) is 7.45. The highest BCUT2D eigenvalue weighted by Crippen LogP contribution is 2.36. The van der Waals surface area contributed by atoms with Gasteiger partial charge in [-0.25, -0.2) is 9.97 Å². The van der Waals surface area contributed by atoms with Gasteiger partial charge >= 0.3 is 0 Å². The standard InChI is InChI=1S/C24H32N4O/c1-14-11-15(2)22(16(3)12-14)28-18(5)17(4)21-23(25-19(6)26-24(21)28)27-9-7-20(13-29)8-10-27/h11-12,20,29H,7-10,13H2,1-6H3. The predicted octanol–water partition coefficient (Wildman–Crippen LogP) is 4.48. The number of aliphatic hydroxyl groups is 1. The Hall–Kier alpha value is -2.40. The first-order valence-electron chi connectivity index (χ1n) is 10.6. The summed E-state index contributed by atoms with van der Waals surface area (Å²) in [7, 11) is 0. The van der Waals surface area contributed by atoms with Gasteiger partial charge < -0.3 is 10.0 Å². The van der Waals surface area contributed by atoms with Crippen LogP contribution in [-0.2, 0) is 0 Å². The van der Waals surface area contributed by atoms with Crippen molar-refractivity contribution in [1.82, 2.24) is 14.5 Å². The summed E-state index contributed by atoms with van der Waals surface area (Å²) in [5.41, 5.74) is 8.53. The molecule has 2 aromatic heterocycles. The Morgan fingerprint density at radius 2 is 1.59 bits per heavy atom. The molecule has 1 aliphatic rings. The third-order valence-electron chi connectivity index (χ3n) is 6.48. The van der Waals surface area contributed by atoms with E-state index in [4.69, 9.17) is 9.97 Å². The van der Waals surface area contributed by atoms with Crippen LogP contribution in [0.2, 0.25) is 0 Å². The molecule has 0 bridgehead atoms. The van der Waals surface area contributed by atoms with E-state index in [1.807, 2.05) is 6.92 Å². The lowest BCUT2D eigenvalue weighted by atomic mass is 9.97. The first kappa shape index (κ1) is 19.9. The number of aryl methyl sites for hydroxylation is 5. The lowest BCUT2D eigenvalue weighted by molar-refractivity contribution is 0.203. The van der Waals surface area contributed by atoms with Gasteiger partial charge in [-0.1, -0.05) is 17.7 Å². The molecule has 1 aliphatic heterocycles. The summed E-state index contributed by atoms with van der Waals surface area (Å²) >= 11 is 0. The predicted molar refractivity (Wildman–Crippen MR) is 119 cm³/mol. The van der Waals surface area contributed by atoms with E-state index in [1.165, 1.54) is 33.6 Å². The Balaban J connectivity index is 1.94. The van der Waals surface area contributed by atoms with Gasteiger partial charge in [0.05, 0.1) is 11.1 Å². The van der Waals surface area contributed by atoms with E-state index in [9.17, 15) is 5.11 Å². The van der Waals surface area contributed by atoms with Crippen LogP contribution in [0.15, 0.2) is 12.1 Å². The number of fused-ring (bicyclic) bond motifs is 1. The van der Waals surface area contributed by atoms with Crippen molar-refractivity contribution in [2.24, 2.45) is 5.92 Å². The molecule has 0 aliphatic carbocycles. The zero-order valence-electron chi connectivity index (χ0n) is 18.5. The Labute approximate surface area is 173 Å². The number of rotatable bonds is 3. The van der Waals surface area contributed by atoms with Crippen molar-refractivity contribution in [2.75, 3.05) is 24.6 Å². The Bertz CT molecular complexity index is 1050. The average molecular weight is 393 g/mol. The van der Waals surface area contributed by atoms with Crippen molar-refractivity contribution >= 4 is 16.9 Å². The van der Waals surface area contributed by atoms with Gasteiger partial charge in [0.1, 0.15) is 11.6 Å². The molecule has 4 rings (SSSR count). The van der Waals surface area contributed by atoms with E-state index in [1.54, 1.807) is 0 Å². The van der Waals surface area contributed by atoms with E-state index in [-0.39, 0.29) is 6.61 Å².